The number of phenolic OH excluding ortho intramolecular Hbond substituents is 1. The molecular weight excluding hydrogens is 272 g/mol. The van der Waals surface area contributed by atoms with E-state index in [1.54, 1.807) is 19.2 Å². The van der Waals surface area contributed by atoms with E-state index in [9.17, 15) is 9.90 Å². The number of benzene rings is 1. The molecule has 0 saturated carbocycles. The Labute approximate surface area is 125 Å². The van der Waals surface area contributed by atoms with Crippen molar-refractivity contribution in [1.82, 2.24) is 10.2 Å². The van der Waals surface area contributed by atoms with Gasteiger partial charge in [-0.3, -0.25) is 9.69 Å². The summed E-state index contributed by atoms with van der Waals surface area (Å²) in [5.41, 5.74) is 0.916. The summed E-state index contributed by atoms with van der Waals surface area (Å²) in [6.45, 7) is 3.78. The number of aromatic hydroxyl groups is 1. The number of methoxy groups -OCH3 is 2. The van der Waals surface area contributed by atoms with Crippen molar-refractivity contribution in [3.8, 4) is 17.2 Å². The highest BCUT2D eigenvalue weighted by atomic mass is 16.5. The molecule has 0 heterocycles. The van der Waals surface area contributed by atoms with E-state index >= 15 is 0 Å². The van der Waals surface area contributed by atoms with Crippen molar-refractivity contribution < 1.29 is 19.4 Å². The molecule has 118 valence electrons. The van der Waals surface area contributed by atoms with Crippen molar-refractivity contribution in [1.29, 1.82) is 0 Å². The second kappa shape index (κ2) is 8.36. The minimum absolute atomic E-state index is 0.0166. The third kappa shape index (κ3) is 4.82. The molecule has 0 unspecified atom stereocenters. The fraction of sp³-hybridized carbons (Fsp3) is 0.533. The van der Waals surface area contributed by atoms with Gasteiger partial charge in [0.15, 0.2) is 11.5 Å². The van der Waals surface area contributed by atoms with Crippen LogP contribution in [0.3, 0.4) is 0 Å². The zero-order valence-electron chi connectivity index (χ0n) is 13.1. The van der Waals surface area contributed by atoms with Crippen LogP contribution in [-0.2, 0) is 11.3 Å². The van der Waals surface area contributed by atoms with E-state index in [1.165, 1.54) is 14.2 Å². The van der Waals surface area contributed by atoms with Gasteiger partial charge in [0, 0.05) is 13.6 Å². The lowest BCUT2D eigenvalue weighted by molar-refractivity contribution is -0.121. The lowest BCUT2D eigenvalue weighted by Crippen LogP contribution is -2.35. The Balaban J connectivity index is 2.94. The van der Waals surface area contributed by atoms with Gasteiger partial charge in [0.2, 0.25) is 11.7 Å². The quantitative estimate of drug-likeness (QED) is 0.758. The number of carbonyl (C=O) groups is 1. The topological polar surface area (TPSA) is 71.0 Å². The van der Waals surface area contributed by atoms with Crippen molar-refractivity contribution in [2.45, 2.75) is 19.9 Å². The van der Waals surface area contributed by atoms with E-state index in [0.29, 0.717) is 24.6 Å². The molecule has 0 bridgehead atoms. The molecule has 2 N–H and O–H groups in total. The van der Waals surface area contributed by atoms with E-state index in [2.05, 4.69) is 12.2 Å². The molecule has 6 heteroatoms. The molecule has 0 aliphatic rings. The summed E-state index contributed by atoms with van der Waals surface area (Å²) in [7, 11) is 4.61. The number of nitrogens with one attached hydrogen (secondary N) is 1. The second-order valence-electron chi connectivity index (χ2n) is 4.73. The van der Waals surface area contributed by atoms with Crippen LogP contribution in [0.4, 0.5) is 0 Å². The molecule has 0 aliphatic carbocycles. The van der Waals surface area contributed by atoms with Gasteiger partial charge >= 0.3 is 0 Å². The van der Waals surface area contributed by atoms with Gasteiger partial charge in [0.1, 0.15) is 0 Å². The maximum absolute atomic E-state index is 11.5. The van der Waals surface area contributed by atoms with E-state index in [1.807, 2.05) is 4.90 Å². The van der Waals surface area contributed by atoms with E-state index < -0.39 is 0 Å². The van der Waals surface area contributed by atoms with Gasteiger partial charge in [-0.05, 0) is 30.7 Å². The first-order valence-electron chi connectivity index (χ1n) is 6.92. The largest absolute Gasteiger partial charge is 0.502 e. The maximum atomic E-state index is 11.5. The first-order chi connectivity index (χ1) is 10.0. The first-order valence-corrected chi connectivity index (χ1v) is 6.92. The summed E-state index contributed by atoms with van der Waals surface area (Å²) < 4.78 is 10.3. The molecule has 0 spiro atoms. The maximum Gasteiger partial charge on any atom is 0.233 e. The van der Waals surface area contributed by atoms with Gasteiger partial charge in [-0.15, -0.1) is 0 Å². The van der Waals surface area contributed by atoms with Crippen LogP contribution < -0.4 is 14.8 Å². The second-order valence-corrected chi connectivity index (χ2v) is 4.73. The summed E-state index contributed by atoms with van der Waals surface area (Å²) >= 11 is 0. The Morgan fingerprint density at radius 2 is 1.86 bits per heavy atom. The third-order valence-corrected chi connectivity index (χ3v) is 3.13. The Morgan fingerprint density at radius 3 is 2.29 bits per heavy atom. The van der Waals surface area contributed by atoms with Crippen molar-refractivity contribution >= 4 is 5.91 Å². The zero-order valence-corrected chi connectivity index (χ0v) is 13.1. The van der Waals surface area contributed by atoms with Crippen molar-refractivity contribution in [2.24, 2.45) is 0 Å². The summed E-state index contributed by atoms with van der Waals surface area (Å²) in [6.07, 6.45) is 0.948. The minimum atomic E-state index is -0.0267. The Bertz CT molecular complexity index is 452. The number of ether oxygens (including phenoxy) is 2. The van der Waals surface area contributed by atoms with Crippen LogP contribution in [0.5, 0.6) is 17.2 Å². The summed E-state index contributed by atoms with van der Waals surface area (Å²) in [5.74, 6) is 0.680. The Hall–Kier alpha value is -1.95. The minimum Gasteiger partial charge on any atom is -0.502 e. The van der Waals surface area contributed by atoms with Gasteiger partial charge < -0.3 is 19.9 Å². The van der Waals surface area contributed by atoms with Crippen LogP contribution in [0.2, 0.25) is 0 Å². The standard InChI is InChI=1S/C15H24N2O4/c1-5-6-17(10-14(18)16-2)9-11-7-12(20-3)15(19)13(8-11)21-4/h7-8,19H,5-6,9-10H2,1-4H3,(H,16,18). The first kappa shape index (κ1) is 17.1. The molecule has 1 aromatic carbocycles. The van der Waals surface area contributed by atoms with Gasteiger partial charge in [-0.2, -0.15) is 0 Å². The molecule has 6 nitrogen and oxygen atoms in total. The molecular formula is C15H24N2O4. The van der Waals surface area contributed by atoms with Gasteiger partial charge in [-0.1, -0.05) is 6.92 Å². The molecule has 0 fully saturated rings. The molecule has 1 rings (SSSR count). The summed E-state index contributed by atoms with van der Waals surface area (Å²) in [5, 5.41) is 12.5. The van der Waals surface area contributed by atoms with Crippen LogP contribution in [0, 0.1) is 0 Å². The smallest absolute Gasteiger partial charge is 0.233 e. The molecule has 0 radical (unpaired) electrons. The SMILES string of the molecule is CCCN(CC(=O)NC)Cc1cc(OC)c(O)c(OC)c1. The molecule has 0 saturated heterocycles. The van der Waals surface area contributed by atoms with E-state index in [0.717, 1.165) is 18.5 Å². The number of hydrogen-bond acceptors (Lipinski definition) is 5. The average Bonchev–Trinajstić information content (AvgIpc) is 2.48. The zero-order chi connectivity index (χ0) is 15.8. The normalized spacial score (nSPS) is 10.5. The number of rotatable bonds is 8. The third-order valence-electron chi connectivity index (χ3n) is 3.13. The predicted octanol–water partition coefficient (Wildman–Crippen LogP) is 1.37. The molecule has 0 aromatic heterocycles. The highest BCUT2D eigenvalue weighted by molar-refractivity contribution is 5.77. The summed E-state index contributed by atoms with van der Waals surface area (Å²) in [6, 6.07) is 3.51. The number of amides is 1. The van der Waals surface area contributed by atoms with Crippen LogP contribution in [-0.4, -0.2) is 50.3 Å². The van der Waals surface area contributed by atoms with Gasteiger partial charge in [-0.25, -0.2) is 0 Å². The number of likely N-dealkylation sites (N-methyl/N-ethyl adjacent to an activating group) is 1. The van der Waals surface area contributed by atoms with Crippen LogP contribution in [0.25, 0.3) is 0 Å². The monoisotopic (exact) mass is 296 g/mol. The van der Waals surface area contributed by atoms with E-state index in [-0.39, 0.29) is 11.7 Å². The van der Waals surface area contributed by atoms with Crippen LogP contribution in [0.1, 0.15) is 18.9 Å². The van der Waals surface area contributed by atoms with Crippen LogP contribution in [0.15, 0.2) is 12.1 Å². The highest BCUT2D eigenvalue weighted by Gasteiger charge is 2.14. The Kier molecular flexibility index (Phi) is 6.81. The number of phenols is 1. The predicted molar refractivity (Wildman–Crippen MR) is 80.8 cm³/mol. The van der Waals surface area contributed by atoms with E-state index in [4.69, 9.17) is 9.47 Å². The molecule has 0 atom stereocenters. The van der Waals surface area contributed by atoms with Crippen LogP contribution >= 0.6 is 0 Å². The Morgan fingerprint density at radius 1 is 1.29 bits per heavy atom. The van der Waals surface area contributed by atoms with Crippen molar-refractivity contribution in [3.63, 3.8) is 0 Å². The molecule has 1 amide bonds. The molecule has 0 aliphatic heterocycles. The van der Waals surface area contributed by atoms with Gasteiger partial charge in [0.25, 0.3) is 0 Å². The number of carbonyl (C=O) groups excluding carboxylic acids is 1. The lowest BCUT2D eigenvalue weighted by Gasteiger charge is -2.21. The van der Waals surface area contributed by atoms with Gasteiger partial charge in [0.05, 0.1) is 20.8 Å². The highest BCUT2D eigenvalue weighted by Crippen LogP contribution is 2.37. The molecule has 21 heavy (non-hydrogen) atoms. The number of hydrogen-bond donors (Lipinski definition) is 2. The fourth-order valence-corrected chi connectivity index (χ4v) is 2.11. The average molecular weight is 296 g/mol. The van der Waals surface area contributed by atoms with Crippen molar-refractivity contribution in [3.05, 3.63) is 17.7 Å². The summed E-state index contributed by atoms with van der Waals surface area (Å²) in [4.78, 5) is 13.6. The van der Waals surface area contributed by atoms with Crippen molar-refractivity contribution in [2.75, 3.05) is 34.4 Å². The lowest BCUT2D eigenvalue weighted by atomic mass is 10.1. The number of nitrogens with zero attached hydrogens (tertiary/aromatic N) is 1. The fourth-order valence-electron chi connectivity index (χ4n) is 2.11. The molecule has 1 aromatic rings.